The van der Waals surface area contributed by atoms with Gasteiger partial charge in [-0.15, -0.1) is 0 Å². The van der Waals surface area contributed by atoms with Crippen LogP contribution in [0.3, 0.4) is 0 Å². The smallest absolute Gasteiger partial charge is 0.259 e. The van der Waals surface area contributed by atoms with Crippen molar-refractivity contribution >= 4 is 40.1 Å². The Morgan fingerprint density at radius 3 is 2.53 bits per heavy atom. The van der Waals surface area contributed by atoms with E-state index in [0.717, 1.165) is 62.3 Å². The van der Waals surface area contributed by atoms with Gasteiger partial charge in [0.15, 0.2) is 0 Å². The molecule has 2 atom stereocenters. The van der Waals surface area contributed by atoms with Crippen LogP contribution in [0.1, 0.15) is 51.4 Å². The first-order valence-corrected chi connectivity index (χ1v) is 16.1. The van der Waals surface area contributed by atoms with Crippen molar-refractivity contribution in [2.24, 2.45) is 5.92 Å². The largest absolute Gasteiger partial charge is 0.496 e. The lowest BCUT2D eigenvalue weighted by Gasteiger charge is -2.35. The summed E-state index contributed by atoms with van der Waals surface area (Å²) in [4.78, 5) is 54.1. The van der Waals surface area contributed by atoms with Crippen LogP contribution < -0.4 is 19.7 Å². The van der Waals surface area contributed by atoms with Gasteiger partial charge in [0.2, 0.25) is 5.91 Å². The Balaban J connectivity index is 1.20. The molecular formula is C36H42N6O5. The van der Waals surface area contributed by atoms with Crippen molar-refractivity contribution in [2.45, 2.75) is 39.2 Å². The molecule has 1 saturated carbocycles. The first-order valence-electron chi connectivity index (χ1n) is 16.1. The minimum atomic E-state index is -0.381. The fraction of sp³-hybridized carbons (Fsp3) is 0.389. The normalized spacial score (nSPS) is 18.3. The maximum Gasteiger partial charge on any atom is 0.259 e. The molecule has 11 heteroatoms. The van der Waals surface area contributed by atoms with E-state index in [0.29, 0.717) is 28.2 Å². The van der Waals surface area contributed by atoms with Gasteiger partial charge in [-0.25, -0.2) is 4.98 Å². The number of ether oxygens (including phenoxy) is 2. The second-order valence-corrected chi connectivity index (χ2v) is 12.6. The van der Waals surface area contributed by atoms with E-state index in [-0.39, 0.29) is 41.1 Å². The summed E-state index contributed by atoms with van der Waals surface area (Å²) in [5, 5.41) is 2.93. The predicted octanol–water partition coefficient (Wildman–Crippen LogP) is 5.04. The van der Waals surface area contributed by atoms with Crippen molar-refractivity contribution in [2.75, 3.05) is 57.6 Å². The number of fused-ring (bicyclic) bond motifs is 1. The van der Waals surface area contributed by atoms with Crippen LogP contribution in [0.4, 0.5) is 11.4 Å². The van der Waals surface area contributed by atoms with Crippen molar-refractivity contribution in [1.29, 1.82) is 0 Å². The summed E-state index contributed by atoms with van der Waals surface area (Å²) in [6, 6.07) is 16.0. The number of amides is 3. The average molecular weight is 639 g/mol. The van der Waals surface area contributed by atoms with Crippen LogP contribution in [-0.4, -0.2) is 91.0 Å². The van der Waals surface area contributed by atoms with Gasteiger partial charge in [0.05, 0.1) is 35.5 Å². The molecule has 2 heterocycles. The fourth-order valence-corrected chi connectivity index (χ4v) is 6.53. The molecule has 1 aliphatic heterocycles. The average Bonchev–Trinajstić information content (AvgIpc) is 3.70. The molecule has 4 aromatic rings. The first kappa shape index (κ1) is 32.1. The molecule has 1 saturated heterocycles. The summed E-state index contributed by atoms with van der Waals surface area (Å²) in [7, 11) is 5.24. The number of carbonyl (C=O) groups is 3. The molecule has 2 N–H and O–H groups in total. The number of anilines is 2. The number of rotatable bonds is 8. The van der Waals surface area contributed by atoms with Gasteiger partial charge in [-0.2, -0.15) is 0 Å². The Kier molecular flexibility index (Phi) is 9.17. The highest BCUT2D eigenvalue weighted by atomic mass is 16.5. The number of aryl methyl sites for hydroxylation is 2. The van der Waals surface area contributed by atoms with E-state index in [4.69, 9.17) is 9.47 Å². The van der Waals surface area contributed by atoms with Gasteiger partial charge >= 0.3 is 0 Å². The Morgan fingerprint density at radius 2 is 1.77 bits per heavy atom. The number of aromatic amines is 1. The number of aromatic nitrogens is 2. The summed E-state index contributed by atoms with van der Waals surface area (Å²) in [6.07, 6.45) is 2.23. The fourth-order valence-electron chi connectivity index (χ4n) is 6.53. The molecule has 3 aromatic carbocycles. The third-order valence-electron chi connectivity index (χ3n) is 9.22. The highest BCUT2D eigenvalue weighted by Gasteiger charge is 2.38. The quantitative estimate of drug-likeness (QED) is 0.278. The molecule has 47 heavy (non-hydrogen) atoms. The number of para-hydroxylation sites is 1. The molecule has 0 radical (unpaired) electrons. The number of carbonyl (C=O) groups excluding carboxylic acids is 3. The maximum atomic E-state index is 13.9. The van der Waals surface area contributed by atoms with E-state index >= 15 is 0 Å². The second-order valence-electron chi connectivity index (χ2n) is 12.6. The lowest BCUT2D eigenvalue weighted by molar-refractivity contribution is -0.139. The summed E-state index contributed by atoms with van der Waals surface area (Å²) in [5.74, 6) is 0.853. The number of piperazine rings is 1. The summed E-state index contributed by atoms with van der Waals surface area (Å²) >= 11 is 0. The number of nitrogens with zero attached hydrogens (tertiary/aromatic N) is 4. The number of hydrogen-bond acceptors (Lipinski definition) is 7. The molecule has 6 rings (SSSR count). The molecule has 1 aliphatic carbocycles. The van der Waals surface area contributed by atoms with Crippen LogP contribution in [0.2, 0.25) is 0 Å². The number of hydrogen-bond donors (Lipinski definition) is 2. The SMILES string of the molecule is COc1cc(C(=O)N(C)c2ccc(C)cc2OC2CCCC2C(=O)N2CCN(C)CC2)ccc1C(=O)Nc1cccc2[nH]c(C)nc12. The van der Waals surface area contributed by atoms with E-state index in [2.05, 4.69) is 27.2 Å². The standard InChI is InChI=1S/C36H42N6O5/c1-22-12-15-29(32(20-22)47-30-11-6-8-26(30)36(45)42-18-16-40(3)17-19-42)41(4)35(44)24-13-14-25(31(21-24)46-5)34(43)39-28-10-7-9-27-33(28)38-23(2)37-27/h7,9-10,12-15,20-21,26,30H,6,8,11,16-19H2,1-5H3,(H,37,38)(H,39,43). The van der Waals surface area contributed by atoms with Gasteiger partial charge in [-0.3, -0.25) is 14.4 Å². The third-order valence-corrected chi connectivity index (χ3v) is 9.22. The van der Waals surface area contributed by atoms with Gasteiger partial charge in [0, 0.05) is 38.8 Å². The molecule has 2 fully saturated rings. The van der Waals surface area contributed by atoms with Crippen LogP contribution in [0, 0.1) is 19.8 Å². The zero-order chi connectivity index (χ0) is 33.2. The Hall–Kier alpha value is -4.90. The van der Waals surface area contributed by atoms with Crippen molar-refractivity contribution in [3.8, 4) is 11.5 Å². The number of methoxy groups -OCH3 is 1. The second kappa shape index (κ2) is 13.4. The van der Waals surface area contributed by atoms with Gasteiger partial charge in [-0.05, 0) is 88.2 Å². The van der Waals surface area contributed by atoms with Crippen LogP contribution in [0.5, 0.6) is 11.5 Å². The molecule has 3 amide bonds. The predicted molar refractivity (Wildman–Crippen MR) is 182 cm³/mol. The summed E-state index contributed by atoms with van der Waals surface area (Å²) < 4.78 is 12.2. The highest BCUT2D eigenvalue weighted by Crippen LogP contribution is 2.37. The van der Waals surface area contributed by atoms with E-state index in [1.165, 1.54) is 12.0 Å². The lowest BCUT2D eigenvalue weighted by atomic mass is 10.0. The molecule has 11 nitrogen and oxygen atoms in total. The van der Waals surface area contributed by atoms with Crippen molar-refractivity contribution in [3.05, 3.63) is 77.1 Å². The van der Waals surface area contributed by atoms with E-state index < -0.39 is 0 Å². The van der Waals surface area contributed by atoms with Gasteiger partial charge in [0.1, 0.15) is 28.9 Å². The number of H-pyrrole nitrogens is 1. The molecule has 2 aliphatic rings. The summed E-state index contributed by atoms with van der Waals surface area (Å²) in [6.45, 7) is 7.04. The molecule has 2 unspecified atom stereocenters. The third kappa shape index (κ3) is 6.66. The van der Waals surface area contributed by atoms with Crippen LogP contribution in [0.25, 0.3) is 11.0 Å². The Labute approximate surface area is 274 Å². The van der Waals surface area contributed by atoms with Crippen LogP contribution >= 0.6 is 0 Å². The number of nitrogens with one attached hydrogen (secondary N) is 2. The lowest BCUT2D eigenvalue weighted by Crippen LogP contribution is -2.50. The van der Waals surface area contributed by atoms with E-state index in [9.17, 15) is 14.4 Å². The molecule has 0 bridgehead atoms. The van der Waals surface area contributed by atoms with E-state index in [1.54, 1.807) is 31.3 Å². The molecule has 0 spiro atoms. The van der Waals surface area contributed by atoms with Crippen LogP contribution in [0.15, 0.2) is 54.6 Å². The Morgan fingerprint density at radius 1 is 0.979 bits per heavy atom. The van der Waals surface area contributed by atoms with Gasteiger partial charge in [0.25, 0.3) is 11.8 Å². The number of likely N-dealkylation sites (N-methyl/N-ethyl adjacent to an activating group) is 1. The van der Waals surface area contributed by atoms with E-state index in [1.807, 2.05) is 49.1 Å². The molecule has 246 valence electrons. The van der Waals surface area contributed by atoms with Gasteiger partial charge in [-0.1, -0.05) is 12.1 Å². The number of benzene rings is 3. The zero-order valence-electron chi connectivity index (χ0n) is 27.6. The minimum absolute atomic E-state index is 0.159. The zero-order valence-corrected chi connectivity index (χ0v) is 27.6. The van der Waals surface area contributed by atoms with Crippen molar-refractivity contribution in [1.82, 2.24) is 19.8 Å². The highest BCUT2D eigenvalue weighted by molar-refractivity contribution is 6.11. The molecular weight excluding hydrogens is 596 g/mol. The monoisotopic (exact) mass is 638 g/mol. The number of imidazole rings is 1. The van der Waals surface area contributed by atoms with Gasteiger partial charge < -0.3 is 34.5 Å². The minimum Gasteiger partial charge on any atom is -0.496 e. The van der Waals surface area contributed by atoms with Crippen LogP contribution in [-0.2, 0) is 4.79 Å². The topological polar surface area (TPSA) is 120 Å². The summed E-state index contributed by atoms with van der Waals surface area (Å²) in [5.41, 5.74) is 4.27. The Bertz CT molecular complexity index is 1810. The van der Waals surface area contributed by atoms with Crippen molar-refractivity contribution < 1.29 is 23.9 Å². The van der Waals surface area contributed by atoms with Crippen molar-refractivity contribution in [3.63, 3.8) is 0 Å². The molecule has 1 aromatic heterocycles. The maximum absolute atomic E-state index is 13.9. The first-order chi connectivity index (χ1) is 22.6.